The molecule has 1 unspecified atom stereocenters. The number of halogens is 3. The van der Waals surface area contributed by atoms with E-state index in [4.69, 9.17) is 39.5 Å². The third-order valence-corrected chi connectivity index (χ3v) is 6.16. The molecule has 158 valence electrons. The Bertz CT molecular complexity index is 996. The van der Waals surface area contributed by atoms with Crippen LogP contribution >= 0.6 is 46.6 Å². The van der Waals surface area contributed by atoms with Crippen LogP contribution in [0.3, 0.4) is 0 Å². The number of hydrogen-bond donors (Lipinski definition) is 1. The molecule has 1 heterocycles. The lowest BCUT2D eigenvalue weighted by Crippen LogP contribution is -2.45. The minimum Gasteiger partial charge on any atom is -0.495 e. The molecule has 2 aromatic carbocycles. The molecule has 0 aromatic heterocycles. The number of thioether (sulfide) groups is 1. The van der Waals surface area contributed by atoms with Crippen molar-refractivity contribution in [3.05, 3.63) is 51.5 Å². The molecule has 0 aliphatic carbocycles. The third kappa shape index (κ3) is 5.40. The molecule has 1 atom stereocenters. The number of amides is 2. The summed E-state index contributed by atoms with van der Waals surface area (Å²) in [4.78, 5) is 31.5. The van der Waals surface area contributed by atoms with E-state index >= 15 is 0 Å². The summed E-state index contributed by atoms with van der Waals surface area (Å²) in [7, 11) is 1.53. The number of hydrogen-bond acceptors (Lipinski definition) is 5. The van der Waals surface area contributed by atoms with Gasteiger partial charge in [-0.2, -0.15) is 0 Å². The van der Waals surface area contributed by atoms with Gasteiger partial charge in [-0.15, -0.1) is 0 Å². The number of aliphatic imine (C=N–C) groups is 1. The van der Waals surface area contributed by atoms with E-state index < -0.39 is 5.25 Å². The molecule has 30 heavy (non-hydrogen) atoms. The molecular formula is C20H18Cl3N3O3S. The van der Waals surface area contributed by atoms with Gasteiger partial charge < -0.3 is 10.1 Å². The summed E-state index contributed by atoms with van der Waals surface area (Å²) in [5.41, 5.74) is 1.01. The molecule has 10 heteroatoms. The first-order chi connectivity index (χ1) is 14.3. The number of anilines is 1. The van der Waals surface area contributed by atoms with Crippen LogP contribution in [0.5, 0.6) is 5.75 Å². The second-order valence-electron chi connectivity index (χ2n) is 6.31. The number of carbonyl (C=O) groups is 2. The van der Waals surface area contributed by atoms with Crippen LogP contribution in [-0.4, -0.2) is 40.8 Å². The van der Waals surface area contributed by atoms with Crippen molar-refractivity contribution in [3.8, 4) is 5.75 Å². The standard InChI is InChI=1S/C20H18Cl3N3O3S/c1-3-26-18(27)10-17(19(28)24-14-7-11(21)6-12(22)8-14)30-20(26)25-13-4-5-16(29-2)15(23)9-13/h4-9,17H,3,10H2,1-2H3,(H,24,28). The quantitative estimate of drug-likeness (QED) is 0.594. The van der Waals surface area contributed by atoms with Crippen molar-refractivity contribution in [2.75, 3.05) is 19.0 Å². The van der Waals surface area contributed by atoms with Crippen LogP contribution in [0.4, 0.5) is 11.4 Å². The molecule has 1 N–H and O–H groups in total. The van der Waals surface area contributed by atoms with Crippen molar-refractivity contribution >= 4 is 74.9 Å². The second-order valence-corrected chi connectivity index (χ2v) is 8.76. The Balaban J connectivity index is 1.83. The summed E-state index contributed by atoms with van der Waals surface area (Å²) in [6.45, 7) is 2.29. The summed E-state index contributed by atoms with van der Waals surface area (Å²) in [5.74, 6) is 0.0135. The lowest BCUT2D eigenvalue weighted by atomic mass is 10.2. The predicted molar refractivity (Wildman–Crippen MR) is 124 cm³/mol. The molecule has 6 nitrogen and oxygen atoms in total. The van der Waals surface area contributed by atoms with Crippen LogP contribution in [0.2, 0.25) is 15.1 Å². The van der Waals surface area contributed by atoms with Gasteiger partial charge >= 0.3 is 0 Å². The topological polar surface area (TPSA) is 71.0 Å². The average Bonchev–Trinajstić information content (AvgIpc) is 2.67. The van der Waals surface area contributed by atoms with Crippen LogP contribution in [0, 0.1) is 0 Å². The lowest BCUT2D eigenvalue weighted by molar-refractivity contribution is -0.129. The summed E-state index contributed by atoms with van der Waals surface area (Å²) in [5, 5.41) is 3.76. The number of nitrogens with zero attached hydrogens (tertiary/aromatic N) is 2. The normalized spacial score (nSPS) is 17.9. The van der Waals surface area contributed by atoms with Gasteiger partial charge in [0, 0.05) is 28.7 Å². The maximum Gasteiger partial charge on any atom is 0.238 e. The van der Waals surface area contributed by atoms with Crippen LogP contribution in [0.25, 0.3) is 0 Å². The number of nitrogens with one attached hydrogen (secondary N) is 1. The van der Waals surface area contributed by atoms with E-state index in [1.807, 2.05) is 6.92 Å². The van der Waals surface area contributed by atoms with Gasteiger partial charge in [0.05, 0.1) is 17.8 Å². The Hall–Kier alpha value is -1.93. The summed E-state index contributed by atoms with van der Waals surface area (Å²) in [6, 6.07) is 9.82. The van der Waals surface area contributed by atoms with E-state index in [2.05, 4.69) is 10.3 Å². The molecule has 2 amide bonds. The molecule has 0 bridgehead atoms. The van der Waals surface area contributed by atoms with Crippen LogP contribution in [-0.2, 0) is 9.59 Å². The van der Waals surface area contributed by atoms with Gasteiger partial charge in [-0.25, -0.2) is 4.99 Å². The molecule has 2 aromatic rings. The highest BCUT2D eigenvalue weighted by Gasteiger charge is 2.35. The Labute approximate surface area is 193 Å². The molecule has 1 saturated heterocycles. The minimum absolute atomic E-state index is 0.0566. The molecule has 0 radical (unpaired) electrons. The van der Waals surface area contributed by atoms with Gasteiger partial charge in [-0.1, -0.05) is 46.6 Å². The van der Waals surface area contributed by atoms with Crippen molar-refractivity contribution in [1.29, 1.82) is 0 Å². The average molecular weight is 487 g/mol. The Kier molecular flexibility index (Phi) is 7.52. The molecule has 0 spiro atoms. The second kappa shape index (κ2) is 9.92. The summed E-state index contributed by atoms with van der Waals surface area (Å²) < 4.78 is 5.15. The van der Waals surface area contributed by atoms with Gasteiger partial charge in [0.1, 0.15) is 11.0 Å². The van der Waals surface area contributed by atoms with Crippen molar-refractivity contribution in [2.24, 2.45) is 4.99 Å². The summed E-state index contributed by atoms with van der Waals surface area (Å²) in [6.07, 6.45) is 0.0566. The van der Waals surface area contributed by atoms with Crippen molar-refractivity contribution < 1.29 is 14.3 Å². The number of rotatable bonds is 5. The summed E-state index contributed by atoms with van der Waals surface area (Å²) >= 11 is 19.4. The minimum atomic E-state index is -0.648. The monoisotopic (exact) mass is 485 g/mol. The first kappa shape index (κ1) is 22.7. The highest BCUT2D eigenvalue weighted by Crippen LogP contribution is 2.33. The van der Waals surface area contributed by atoms with Crippen LogP contribution in [0.1, 0.15) is 13.3 Å². The molecule has 1 fully saturated rings. The fraction of sp³-hybridized carbons (Fsp3) is 0.250. The third-order valence-electron chi connectivity index (χ3n) is 4.24. The van der Waals surface area contributed by atoms with Crippen molar-refractivity contribution in [2.45, 2.75) is 18.6 Å². The zero-order chi connectivity index (χ0) is 21.8. The van der Waals surface area contributed by atoms with Gasteiger partial charge in [-0.3, -0.25) is 14.5 Å². The molecule has 1 aliphatic heterocycles. The SMILES string of the molecule is CCN1C(=O)CC(C(=O)Nc2cc(Cl)cc(Cl)c2)SC1=Nc1ccc(OC)c(Cl)c1. The molecular weight excluding hydrogens is 469 g/mol. The van der Waals surface area contributed by atoms with Crippen molar-refractivity contribution in [3.63, 3.8) is 0 Å². The van der Waals surface area contributed by atoms with Gasteiger partial charge in [0.25, 0.3) is 0 Å². The molecule has 1 aliphatic rings. The van der Waals surface area contributed by atoms with E-state index in [0.717, 1.165) is 0 Å². The Morgan fingerprint density at radius 2 is 1.93 bits per heavy atom. The number of amidine groups is 1. The number of carbonyl (C=O) groups excluding carboxylic acids is 2. The van der Waals surface area contributed by atoms with E-state index in [0.29, 0.717) is 43.9 Å². The fourth-order valence-corrected chi connectivity index (χ4v) is 4.78. The van der Waals surface area contributed by atoms with E-state index in [1.165, 1.54) is 18.9 Å². The lowest BCUT2D eigenvalue weighted by Gasteiger charge is -2.31. The maximum atomic E-state index is 12.8. The zero-order valence-corrected chi connectivity index (χ0v) is 19.2. The molecule has 0 saturated carbocycles. The van der Waals surface area contributed by atoms with Crippen LogP contribution in [0.15, 0.2) is 41.4 Å². The number of methoxy groups -OCH3 is 1. The highest BCUT2D eigenvalue weighted by molar-refractivity contribution is 8.15. The van der Waals surface area contributed by atoms with E-state index in [9.17, 15) is 9.59 Å². The molecule has 3 rings (SSSR count). The van der Waals surface area contributed by atoms with Gasteiger partial charge in [0.15, 0.2) is 5.17 Å². The maximum absolute atomic E-state index is 12.8. The van der Waals surface area contributed by atoms with Gasteiger partial charge in [0.2, 0.25) is 11.8 Å². The van der Waals surface area contributed by atoms with Crippen LogP contribution < -0.4 is 10.1 Å². The number of benzene rings is 2. The fourth-order valence-electron chi connectivity index (χ4n) is 2.84. The van der Waals surface area contributed by atoms with E-state index in [-0.39, 0.29) is 18.2 Å². The first-order valence-corrected chi connectivity index (χ1v) is 11.0. The first-order valence-electron chi connectivity index (χ1n) is 8.97. The van der Waals surface area contributed by atoms with Gasteiger partial charge in [-0.05, 0) is 43.3 Å². The highest BCUT2D eigenvalue weighted by atomic mass is 35.5. The largest absolute Gasteiger partial charge is 0.495 e. The smallest absolute Gasteiger partial charge is 0.238 e. The Morgan fingerprint density at radius 1 is 1.23 bits per heavy atom. The van der Waals surface area contributed by atoms with Crippen molar-refractivity contribution in [1.82, 2.24) is 4.90 Å². The zero-order valence-electron chi connectivity index (χ0n) is 16.1. The predicted octanol–water partition coefficient (Wildman–Crippen LogP) is 5.64. The number of ether oxygens (including phenoxy) is 1. The Morgan fingerprint density at radius 3 is 2.53 bits per heavy atom. The van der Waals surface area contributed by atoms with E-state index in [1.54, 1.807) is 41.3 Å².